The summed E-state index contributed by atoms with van der Waals surface area (Å²) in [5, 5.41) is 3.33. The lowest BCUT2D eigenvalue weighted by molar-refractivity contribution is 0.0277. The van der Waals surface area contributed by atoms with Gasteiger partial charge in [0, 0.05) is 18.7 Å². The Balaban J connectivity index is 1.54. The number of benzene rings is 2. The molecule has 0 amide bonds. The van der Waals surface area contributed by atoms with E-state index in [1.54, 1.807) is 18.3 Å². The van der Waals surface area contributed by atoms with Crippen molar-refractivity contribution >= 4 is 0 Å². The van der Waals surface area contributed by atoms with Crippen LogP contribution in [0.25, 0.3) is 22.6 Å². The van der Waals surface area contributed by atoms with Crippen LogP contribution >= 0.6 is 0 Å². The van der Waals surface area contributed by atoms with Crippen molar-refractivity contribution in [1.29, 1.82) is 0 Å². The van der Waals surface area contributed by atoms with Gasteiger partial charge in [-0.05, 0) is 35.4 Å². The zero-order valence-electron chi connectivity index (χ0n) is 13.1. The van der Waals surface area contributed by atoms with Gasteiger partial charge in [0.1, 0.15) is 11.6 Å². The van der Waals surface area contributed by atoms with Crippen LogP contribution in [0.2, 0.25) is 0 Å². The fourth-order valence-corrected chi connectivity index (χ4v) is 2.88. The molecule has 0 saturated carbocycles. The first-order valence-electron chi connectivity index (χ1n) is 8.03. The quantitative estimate of drug-likeness (QED) is 0.775. The summed E-state index contributed by atoms with van der Waals surface area (Å²) in [4.78, 5) is 7.72. The summed E-state index contributed by atoms with van der Waals surface area (Å²) in [6.45, 7) is 2.49. The number of H-pyrrole nitrogens is 1. The van der Waals surface area contributed by atoms with Crippen LogP contribution in [0.15, 0.2) is 54.7 Å². The molecular weight excluding hydrogens is 305 g/mol. The van der Waals surface area contributed by atoms with Gasteiger partial charge in [-0.1, -0.05) is 24.3 Å². The van der Waals surface area contributed by atoms with Gasteiger partial charge in [0.15, 0.2) is 0 Å². The van der Waals surface area contributed by atoms with Gasteiger partial charge in [-0.25, -0.2) is 9.37 Å². The van der Waals surface area contributed by atoms with E-state index in [1.165, 1.54) is 12.1 Å². The number of halogens is 1. The van der Waals surface area contributed by atoms with Gasteiger partial charge >= 0.3 is 0 Å². The zero-order chi connectivity index (χ0) is 16.4. The van der Waals surface area contributed by atoms with Crippen LogP contribution in [0, 0.1) is 5.82 Å². The van der Waals surface area contributed by atoms with E-state index in [4.69, 9.17) is 4.74 Å². The molecule has 0 aliphatic carbocycles. The van der Waals surface area contributed by atoms with Crippen molar-refractivity contribution in [2.24, 2.45) is 0 Å². The first kappa shape index (κ1) is 15.1. The predicted molar refractivity (Wildman–Crippen MR) is 91.0 cm³/mol. The highest BCUT2D eigenvalue weighted by molar-refractivity contribution is 5.64. The lowest BCUT2D eigenvalue weighted by Crippen LogP contribution is -2.33. The summed E-state index contributed by atoms with van der Waals surface area (Å²) in [7, 11) is 0. The summed E-state index contributed by atoms with van der Waals surface area (Å²) in [6, 6.07) is 14.6. The molecule has 0 radical (unpaired) electrons. The Labute approximate surface area is 139 Å². The summed E-state index contributed by atoms with van der Waals surface area (Å²) in [5.41, 5.74) is 3.95. The number of nitrogens with one attached hydrogen (secondary N) is 2. The molecule has 0 unspecified atom stereocenters. The monoisotopic (exact) mass is 323 g/mol. The molecule has 0 bridgehead atoms. The van der Waals surface area contributed by atoms with Gasteiger partial charge in [0.25, 0.3) is 0 Å². The zero-order valence-corrected chi connectivity index (χ0v) is 13.1. The standard InChI is InChI=1S/C19H18FN3O/c20-16-7-5-13(6-8-16)17-11-22-19(23-17)15-3-1-14(2-4-15)18-12-21-9-10-24-18/h1-8,11,18,21H,9-10,12H2,(H,22,23)/t18-/m1/s1. The molecule has 1 fully saturated rings. The maximum atomic E-state index is 13.0. The SMILES string of the molecule is Fc1ccc(-c2cnc(-c3ccc([C@H]4CNCCO4)cc3)[nH]2)cc1. The van der Waals surface area contributed by atoms with Crippen LogP contribution in [-0.4, -0.2) is 29.7 Å². The number of aromatic nitrogens is 2. The Bertz CT molecular complexity index is 805. The highest BCUT2D eigenvalue weighted by Crippen LogP contribution is 2.25. The number of rotatable bonds is 3. The Morgan fingerprint density at radius 2 is 1.75 bits per heavy atom. The van der Waals surface area contributed by atoms with Crippen LogP contribution in [0.4, 0.5) is 4.39 Å². The number of ether oxygens (including phenoxy) is 1. The molecule has 1 aliphatic rings. The summed E-state index contributed by atoms with van der Waals surface area (Å²) >= 11 is 0. The molecule has 122 valence electrons. The van der Waals surface area contributed by atoms with Gasteiger partial charge in [0.2, 0.25) is 0 Å². The first-order chi connectivity index (χ1) is 11.8. The average molecular weight is 323 g/mol. The van der Waals surface area contributed by atoms with Crippen LogP contribution in [0.5, 0.6) is 0 Å². The molecule has 0 spiro atoms. The fourth-order valence-electron chi connectivity index (χ4n) is 2.88. The second kappa shape index (κ2) is 6.55. The summed E-state index contributed by atoms with van der Waals surface area (Å²) < 4.78 is 18.8. The van der Waals surface area contributed by atoms with Crippen molar-refractivity contribution < 1.29 is 9.13 Å². The van der Waals surface area contributed by atoms with Crippen LogP contribution in [-0.2, 0) is 4.74 Å². The van der Waals surface area contributed by atoms with Gasteiger partial charge in [-0.15, -0.1) is 0 Å². The highest BCUT2D eigenvalue weighted by atomic mass is 19.1. The molecule has 1 saturated heterocycles. The van der Waals surface area contributed by atoms with E-state index in [2.05, 4.69) is 27.4 Å². The number of hydrogen-bond acceptors (Lipinski definition) is 3. The van der Waals surface area contributed by atoms with Crippen molar-refractivity contribution in [2.75, 3.05) is 19.7 Å². The molecule has 3 aromatic rings. The average Bonchev–Trinajstić information content (AvgIpc) is 3.13. The number of morpholine rings is 1. The smallest absolute Gasteiger partial charge is 0.137 e. The van der Waals surface area contributed by atoms with Crippen molar-refractivity contribution in [3.05, 3.63) is 66.1 Å². The highest BCUT2D eigenvalue weighted by Gasteiger charge is 2.15. The van der Waals surface area contributed by atoms with Crippen LogP contribution in [0.3, 0.4) is 0 Å². The molecule has 4 nitrogen and oxygen atoms in total. The minimum atomic E-state index is -0.242. The van der Waals surface area contributed by atoms with Gasteiger partial charge in [-0.3, -0.25) is 0 Å². The molecule has 1 aliphatic heterocycles. The summed E-state index contributed by atoms with van der Waals surface area (Å²) in [5.74, 6) is 0.553. The minimum absolute atomic E-state index is 0.110. The van der Waals surface area contributed by atoms with E-state index in [0.717, 1.165) is 47.9 Å². The van der Waals surface area contributed by atoms with Crippen LogP contribution < -0.4 is 5.32 Å². The first-order valence-corrected chi connectivity index (χ1v) is 8.03. The van der Waals surface area contributed by atoms with E-state index >= 15 is 0 Å². The van der Waals surface area contributed by atoms with Crippen molar-refractivity contribution in [3.8, 4) is 22.6 Å². The Kier molecular flexibility index (Phi) is 4.11. The van der Waals surface area contributed by atoms with E-state index in [0.29, 0.717) is 0 Å². The molecular formula is C19H18FN3O. The predicted octanol–water partition coefficient (Wildman–Crippen LogP) is 3.54. The molecule has 5 heteroatoms. The normalized spacial score (nSPS) is 17.8. The van der Waals surface area contributed by atoms with E-state index < -0.39 is 0 Å². The molecule has 2 aromatic carbocycles. The molecule has 2 N–H and O–H groups in total. The van der Waals surface area contributed by atoms with Gasteiger partial charge in [-0.2, -0.15) is 0 Å². The third-order valence-corrected chi connectivity index (χ3v) is 4.21. The lowest BCUT2D eigenvalue weighted by Gasteiger charge is -2.24. The molecule has 4 rings (SSSR count). The Hall–Kier alpha value is -2.50. The molecule has 1 aromatic heterocycles. The number of aromatic amines is 1. The Morgan fingerprint density at radius 1 is 1.00 bits per heavy atom. The van der Waals surface area contributed by atoms with E-state index in [-0.39, 0.29) is 11.9 Å². The van der Waals surface area contributed by atoms with E-state index in [1.807, 2.05) is 12.1 Å². The molecule has 1 atom stereocenters. The maximum absolute atomic E-state index is 13.0. The second-order valence-corrected chi connectivity index (χ2v) is 5.84. The number of nitrogens with zero attached hydrogens (tertiary/aromatic N) is 1. The number of imidazole rings is 1. The second-order valence-electron chi connectivity index (χ2n) is 5.84. The van der Waals surface area contributed by atoms with Gasteiger partial charge in [0.05, 0.1) is 24.6 Å². The lowest BCUT2D eigenvalue weighted by atomic mass is 10.1. The maximum Gasteiger partial charge on any atom is 0.137 e. The molecule has 24 heavy (non-hydrogen) atoms. The third-order valence-electron chi connectivity index (χ3n) is 4.21. The number of hydrogen-bond donors (Lipinski definition) is 2. The van der Waals surface area contributed by atoms with Crippen molar-refractivity contribution in [3.63, 3.8) is 0 Å². The van der Waals surface area contributed by atoms with Crippen molar-refractivity contribution in [1.82, 2.24) is 15.3 Å². The summed E-state index contributed by atoms with van der Waals surface area (Å²) in [6.07, 6.45) is 1.88. The minimum Gasteiger partial charge on any atom is -0.371 e. The topological polar surface area (TPSA) is 49.9 Å². The van der Waals surface area contributed by atoms with Gasteiger partial charge < -0.3 is 15.0 Å². The Morgan fingerprint density at radius 3 is 2.46 bits per heavy atom. The third kappa shape index (κ3) is 3.09. The fraction of sp³-hybridized carbons (Fsp3) is 0.211. The van der Waals surface area contributed by atoms with Crippen molar-refractivity contribution in [2.45, 2.75) is 6.10 Å². The van der Waals surface area contributed by atoms with E-state index in [9.17, 15) is 4.39 Å². The largest absolute Gasteiger partial charge is 0.371 e. The molecule has 2 heterocycles. The van der Waals surface area contributed by atoms with Crippen LogP contribution in [0.1, 0.15) is 11.7 Å².